The number of halogens is 1. The Kier molecular flexibility index (Phi) is 3.86. The number of piperidine rings is 1. The molecular formula is C15H17BrN6O. The summed E-state index contributed by atoms with van der Waals surface area (Å²) in [6, 6.07) is 4.05. The van der Waals surface area contributed by atoms with Gasteiger partial charge in [-0.15, -0.1) is 0 Å². The first kappa shape index (κ1) is 14.8. The van der Waals surface area contributed by atoms with Crippen molar-refractivity contribution < 1.29 is 4.52 Å². The van der Waals surface area contributed by atoms with Crippen LogP contribution in [0.1, 0.15) is 35.9 Å². The third kappa shape index (κ3) is 3.00. The van der Waals surface area contributed by atoms with Crippen LogP contribution in [0.4, 0.5) is 0 Å². The second kappa shape index (κ2) is 6.01. The maximum atomic E-state index is 5.31. The van der Waals surface area contributed by atoms with E-state index in [4.69, 9.17) is 4.52 Å². The highest BCUT2D eigenvalue weighted by Gasteiger charge is 2.25. The molecule has 0 N–H and O–H groups in total. The number of aryl methyl sites for hydroxylation is 1. The number of hydrogen-bond donors (Lipinski definition) is 0. The Morgan fingerprint density at radius 2 is 2.30 bits per heavy atom. The fourth-order valence-electron chi connectivity index (χ4n) is 3.27. The van der Waals surface area contributed by atoms with Crippen LogP contribution in [-0.4, -0.2) is 42.7 Å². The molecule has 7 nitrogen and oxygen atoms in total. The summed E-state index contributed by atoms with van der Waals surface area (Å²) in [6.07, 6.45) is 3.87. The summed E-state index contributed by atoms with van der Waals surface area (Å²) in [5, 5.41) is 8.23. The fourth-order valence-corrected chi connectivity index (χ4v) is 3.60. The number of rotatable bonds is 3. The van der Waals surface area contributed by atoms with Gasteiger partial charge in [-0.05, 0) is 48.3 Å². The molecule has 0 amide bonds. The standard InChI is InChI=1S/C15H17BrN6O/c1-10-5-13(22-15(19-10)17-9-18-22)11-3-2-4-21(7-11)8-12-6-14(16)20-23-12/h5-6,9,11H,2-4,7-8H2,1H3. The first-order valence-electron chi connectivity index (χ1n) is 7.70. The van der Waals surface area contributed by atoms with Gasteiger partial charge < -0.3 is 4.52 Å². The van der Waals surface area contributed by atoms with E-state index in [1.807, 2.05) is 17.5 Å². The summed E-state index contributed by atoms with van der Waals surface area (Å²) < 4.78 is 7.92. The van der Waals surface area contributed by atoms with Crippen molar-refractivity contribution in [1.29, 1.82) is 0 Å². The van der Waals surface area contributed by atoms with Gasteiger partial charge in [-0.3, -0.25) is 4.90 Å². The van der Waals surface area contributed by atoms with Gasteiger partial charge in [0, 0.05) is 24.2 Å². The smallest absolute Gasteiger partial charge is 0.252 e. The maximum absolute atomic E-state index is 5.31. The van der Waals surface area contributed by atoms with Crippen LogP contribution in [0.25, 0.3) is 5.78 Å². The molecule has 1 aliphatic heterocycles. The Bertz CT molecular complexity index is 828. The predicted molar refractivity (Wildman–Crippen MR) is 87.0 cm³/mol. The molecule has 0 radical (unpaired) electrons. The third-order valence-electron chi connectivity index (χ3n) is 4.24. The lowest BCUT2D eigenvalue weighted by Crippen LogP contribution is -2.34. The van der Waals surface area contributed by atoms with E-state index in [0.29, 0.717) is 11.7 Å². The third-order valence-corrected chi connectivity index (χ3v) is 4.61. The molecule has 8 heteroatoms. The molecule has 0 bridgehead atoms. The normalized spacial score (nSPS) is 19.5. The molecule has 3 aromatic rings. The van der Waals surface area contributed by atoms with Gasteiger partial charge in [-0.1, -0.05) is 5.16 Å². The van der Waals surface area contributed by atoms with E-state index in [9.17, 15) is 0 Å². The van der Waals surface area contributed by atoms with Crippen LogP contribution in [0.2, 0.25) is 0 Å². The molecule has 0 aliphatic carbocycles. The summed E-state index contributed by atoms with van der Waals surface area (Å²) in [7, 11) is 0. The van der Waals surface area contributed by atoms with Crippen molar-refractivity contribution in [2.45, 2.75) is 32.2 Å². The van der Waals surface area contributed by atoms with Crippen molar-refractivity contribution in [3.05, 3.63) is 40.2 Å². The SMILES string of the molecule is Cc1cc(C2CCCN(Cc3cc(Br)no3)C2)n2ncnc2n1. The van der Waals surface area contributed by atoms with Gasteiger partial charge in [-0.25, -0.2) is 9.50 Å². The number of fused-ring (bicyclic) bond motifs is 1. The number of nitrogens with zero attached hydrogens (tertiary/aromatic N) is 6. The Morgan fingerprint density at radius 1 is 1.39 bits per heavy atom. The van der Waals surface area contributed by atoms with Crippen molar-refractivity contribution in [3.8, 4) is 0 Å². The molecule has 1 fully saturated rings. The second-order valence-electron chi connectivity index (χ2n) is 5.98. The molecule has 1 unspecified atom stereocenters. The van der Waals surface area contributed by atoms with Crippen molar-refractivity contribution in [3.63, 3.8) is 0 Å². The lowest BCUT2D eigenvalue weighted by molar-refractivity contribution is 0.178. The van der Waals surface area contributed by atoms with Crippen LogP contribution >= 0.6 is 15.9 Å². The van der Waals surface area contributed by atoms with Crippen LogP contribution in [0.5, 0.6) is 0 Å². The van der Waals surface area contributed by atoms with Crippen LogP contribution in [0.3, 0.4) is 0 Å². The van der Waals surface area contributed by atoms with E-state index in [-0.39, 0.29) is 0 Å². The van der Waals surface area contributed by atoms with Gasteiger partial charge in [0.1, 0.15) is 10.9 Å². The summed E-state index contributed by atoms with van der Waals surface area (Å²) in [5.74, 6) is 1.98. The van der Waals surface area contributed by atoms with Gasteiger partial charge in [0.15, 0.2) is 5.76 Å². The van der Waals surface area contributed by atoms with Gasteiger partial charge in [0.05, 0.1) is 12.2 Å². The molecule has 0 aromatic carbocycles. The molecule has 1 saturated heterocycles. The molecule has 4 rings (SSSR count). The van der Waals surface area contributed by atoms with Crippen molar-refractivity contribution >= 4 is 21.7 Å². The lowest BCUT2D eigenvalue weighted by Gasteiger charge is -2.32. The Balaban J connectivity index is 1.57. The lowest BCUT2D eigenvalue weighted by atomic mass is 9.94. The van der Waals surface area contributed by atoms with E-state index < -0.39 is 0 Å². The number of hydrogen-bond acceptors (Lipinski definition) is 6. The largest absolute Gasteiger partial charge is 0.359 e. The molecule has 0 saturated carbocycles. The summed E-state index contributed by atoms with van der Waals surface area (Å²) >= 11 is 3.33. The van der Waals surface area contributed by atoms with Crippen LogP contribution < -0.4 is 0 Å². The molecule has 120 valence electrons. The van der Waals surface area contributed by atoms with Crippen LogP contribution in [0.15, 0.2) is 27.6 Å². The van der Waals surface area contributed by atoms with Gasteiger partial charge in [0.25, 0.3) is 5.78 Å². The zero-order valence-electron chi connectivity index (χ0n) is 12.8. The highest BCUT2D eigenvalue weighted by atomic mass is 79.9. The first-order chi connectivity index (χ1) is 11.2. The Labute approximate surface area is 141 Å². The zero-order valence-corrected chi connectivity index (χ0v) is 14.4. The molecule has 23 heavy (non-hydrogen) atoms. The van der Waals surface area contributed by atoms with Crippen molar-refractivity contribution in [2.75, 3.05) is 13.1 Å². The Hall–Kier alpha value is -1.80. The Morgan fingerprint density at radius 3 is 3.13 bits per heavy atom. The van der Waals surface area contributed by atoms with Crippen LogP contribution in [0, 0.1) is 6.92 Å². The molecule has 3 aromatic heterocycles. The number of aromatic nitrogens is 5. The molecule has 0 spiro atoms. The quantitative estimate of drug-likeness (QED) is 0.699. The van der Waals surface area contributed by atoms with Gasteiger partial charge >= 0.3 is 0 Å². The second-order valence-corrected chi connectivity index (χ2v) is 6.80. The van der Waals surface area contributed by atoms with Gasteiger partial charge in [0.2, 0.25) is 0 Å². The van der Waals surface area contributed by atoms with Crippen LogP contribution in [-0.2, 0) is 6.54 Å². The van der Waals surface area contributed by atoms with E-state index in [1.54, 1.807) is 6.33 Å². The molecular weight excluding hydrogens is 360 g/mol. The average Bonchev–Trinajstić information content (AvgIpc) is 3.15. The van der Waals surface area contributed by atoms with Crippen molar-refractivity contribution in [1.82, 2.24) is 29.6 Å². The summed E-state index contributed by atoms with van der Waals surface area (Å²) in [5.41, 5.74) is 2.17. The minimum atomic E-state index is 0.418. The molecule has 1 atom stereocenters. The molecule has 1 aliphatic rings. The number of likely N-dealkylation sites (tertiary alicyclic amines) is 1. The topological polar surface area (TPSA) is 72.4 Å². The predicted octanol–water partition coefficient (Wildman–Crippen LogP) is 2.56. The van der Waals surface area contributed by atoms with E-state index in [0.717, 1.165) is 48.5 Å². The first-order valence-corrected chi connectivity index (χ1v) is 8.49. The van der Waals surface area contributed by atoms with Gasteiger partial charge in [-0.2, -0.15) is 10.1 Å². The maximum Gasteiger partial charge on any atom is 0.252 e. The highest BCUT2D eigenvalue weighted by Crippen LogP contribution is 2.28. The minimum absolute atomic E-state index is 0.418. The summed E-state index contributed by atoms with van der Waals surface area (Å²) in [4.78, 5) is 11.1. The van der Waals surface area contributed by atoms with Crippen molar-refractivity contribution in [2.24, 2.45) is 0 Å². The van der Waals surface area contributed by atoms with E-state index >= 15 is 0 Å². The average molecular weight is 377 g/mol. The zero-order chi connectivity index (χ0) is 15.8. The minimum Gasteiger partial charge on any atom is -0.359 e. The summed E-state index contributed by atoms with van der Waals surface area (Å²) in [6.45, 7) is 4.82. The fraction of sp³-hybridized carbons (Fsp3) is 0.467. The van der Waals surface area contributed by atoms with E-state index in [2.05, 4.69) is 47.1 Å². The molecule has 4 heterocycles. The van der Waals surface area contributed by atoms with E-state index in [1.165, 1.54) is 5.69 Å². The highest BCUT2D eigenvalue weighted by molar-refractivity contribution is 9.10. The monoisotopic (exact) mass is 376 g/mol.